The molecule has 0 aliphatic heterocycles. The summed E-state index contributed by atoms with van der Waals surface area (Å²) in [5.41, 5.74) is 1.66. The second kappa shape index (κ2) is 7.94. The third-order valence-corrected chi connectivity index (χ3v) is 5.16. The predicted octanol–water partition coefficient (Wildman–Crippen LogP) is 4.31. The quantitative estimate of drug-likeness (QED) is 0.403. The van der Waals surface area contributed by atoms with Crippen LogP contribution in [0.15, 0.2) is 24.4 Å². The molecule has 7 heteroatoms. The van der Waals surface area contributed by atoms with E-state index in [1.54, 1.807) is 6.07 Å². The van der Waals surface area contributed by atoms with Gasteiger partial charge in [0.2, 0.25) is 0 Å². The first-order valence-corrected chi connectivity index (χ1v) is 11.9. The molecule has 0 amide bonds. The van der Waals surface area contributed by atoms with Crippen LogP contribution >= 0.6 is 11.6 Å². The van der Waals surface area contributed by atoms with Crippen LogP contribution in [-0.4, -0.2) is 35.8 Å². The molecule has 2 rings (SSSR count). The fourth-order valence-electron chi connectivity index (χ4n) is 2.02. The third kappa shape index (κ3) is 5.64. The molecule has 0 saturated heterocycles. The van der Waals surface area contributed by atoms with Gasteiger partial charge in [-0.25, -0.2) is 0 Å². The summed E-state index contributed by atoms with van der Waals surface area (Å²) >= 11 is 6.06. The number of nitrogens with zero attached hydrogens (tertiary/aromatic N) is 3. The van der Waals surface area contributed by atoms with E-state index in [-0.39, 0.29) is 0 Å². The summed E-state index contributed by atoms with van der Waals surface area (Å²) in [5.74, 6) is 0. The fourth-order valence-corrected chi connectivity index (χ4v) is 2.95. The van der Waals surface area contributed by atoms with Crippen LogP contribution in [0.3, 0.4) is 0 Å². The Bertz CT molecular complexity index is 640. The summed E-state index contributed by atoms with van der Waals surface area (Å²) in [4.78, 5) is 8.47. The molecule has 0 saturated carbocycles. The first-order chi connectivity index (χ1) is 10.9. The van der Waals surface area contributed by atoms with Crippen molar-refractivity contribution in [3.63, 3.8) is 0 Å². The van der Waals surface area contributed by atoms with Gasteiger partial charge in [0.05, 0.1) is 18.0 Å². The smallest absolute Gasteiger partial charge is 0.318 e. The molecule has 0 radical (unpaired) electrons. The standard InChI is InChI=1S/C16H24ClN3O2Si/c1-5-22-16-18-13(11-15(17)19-16)14-7-6-8-20(14)12-21-9-10-23(2,3)4/h6-8,11H,5,9-10,12H2,1-4H3. The summed E-state index contributed by atoms with van der Waals surface area (Å²) in [5, 5.41) is 0.367. The number of hydrogen-bond acceptors (Lipinski definition) is 4. The van der Waals surface area contributed by atoms with E-state index in [0.717, 1.165) is 24.0 Å². The summed E-state index contributed by atoms with van der Waals surface area (Å²) < 4.78 is 13.2. The maximum Gasteiger partial charge on any atom is 0.318 e. The van der Waals surface area contributed by atoms with Gasteiger partial charge in [0.1, 0.15) is 11.9 Å². The average Bonchev–Trinajstić information content (AvgIpc) is 2.91. The lowest BCUT2D eigenvalue weighted by Crippen LogP contribution is -2.22. The van der Waals surface area contributed by atoms with Crippen molar-refractivity contribution in [1.82, 2.24) is 14.5 Å². The normalized spacial score (nSPS) is 11.7. The van der Waals surface area contributed by atoms with E-state index in [0.29, 0.717) is 24.5 Å². The Morgan fingerprint density at radius 2 is 2.04 bits per heavy atom. The molecular formula is C16H24ClN3O2Si. The highest BCUT2D eigenvalue weighted by atomic mass is 35.5. The van der Waals surface area contributed by atoms with Crippen LogP contribution in [0.1, 0.15) is 6.92 Å². The average molecular weight is 354 g/mol. The molecular weight excluding hydrogens is 330 g/mol. The van der Waals surface area contributed by atoms with Crippen LogP contribution in [-0.2, 0) is 11.5 Å². The van der Waals surface area contributed by atoms with Gasteiger partial charge in [0.15, 0.2) is 0 Å². The Balaban J connectivity index is 2.08. The van der Waals surface area contributed by atoms with Crippen LogP contribution in [0.25, 0.3) is 11.4 Å². The van der Waals surface area contributed by atoms with Crippen molar-refractivity contribution < 1.29 is 9.47 Å². The molecule has 126 valence electrons. The zero-order valence-electron chi connectivity index (χ0n) is 14.2. The maximum absolute atomic E-state index is 6.06. The Labute approximate surface area is 143 Å². The molecule has 2 aromatic rings. The Hall–Kier alpha value is -1.37. The van der Waals surface area contributed by atoms with Gasteiger partial charge in [-0.1, -0.05) is 31.2 Å². The second-order valence-corrected chi connectivity index (χ2v) is 12.5. The first kappa shape index (κ1) is 18.0. The first-order valence-electron chi connectivity index (χ1n) is 7.79. The number of aromatic nitrogens is 3. The van der Waals surface area contributed by atoms with Crippen molar-refractivity contribution >= 4 is 19.7 Å². The second-order valence-electron chi connectivity index (χ2n) is 6.50. The lowest BCUT2D eigenvalue weighted by molar-refractivity contribution is 0.0885. The minimum atomic E-state index is -1.07. The summed E-state index contributed by atoms with van der Waals surface area (Å²) in [6, 6.07) is 7.13. The summed E-state index contributed by atoms with van der Waals surface area (Å²) in [7, 11) is -1.07. The Morgan fingerprint density at radius 3 is 2.74 bits per heavy atom. The monoisotopic (exact) mass is 353 g/mol. The lowest BCUT2D eigenvalue weighted by atomic mass is 10.3. The van der Waals surface area contributed by atoms with E-state index in [9.17, 15) is 0 Å². The highest BCUT2D eigenvalue weighted by Crippen LogP contribution is 2.23. The van der Waals surface area contributed by atoms with Gasteiger partial charge in [-0.2, -0.15) is 9.97 Å². The van der Waals surface area contributed by atoms with Crippen molar-refractivity contribution in [2.24, 2.45) is 0 Å². The molecule has 0 aliphatic rings. The van der Waals surface area contributed by atoms with E-state index < -0.39 is 8.07 Å². The van der Waals surface area contributed by atoms with Crippen LogP contribution in [0.5, 0.6) is 6.01 Å². The van der Waals surface area contributed by atoms with Crippen molar-refractivity contribution in [3.05, 3.63) is 29.5 Å². The zero-order valence-corrected chi connectivity index (χ0v) is 15.9. The molecule has 0 aliphatic carbocycles. The molecule has 2 aromatic heterocycles. The van der Waals surface area contributed by atoms with Crippen LogP contribution in [0.2, 0.25) is 30.8 Å². The van der Waals surface area contributed by atoms with Crippen LogP contribution in [0, 0.1) is 0 Å². The minimum Gasteiger partial charge on any atom is -0.464 e. The number of rotatable bonds is 8. The van der Waals surface area contributed by atoms with E-state index in [2.05, 4.69) is 29.6 Å². The molecule has 0 aromatic carbocycles. The van der Waals surface area contributed by atoms with E-state index >= 15 is 0 Å². The third-order valence-electron chi connectivity index (χ3n) is 3.27. The summed E-state index contributed by atoms with van der Waals surface area (Å²) in [6.45, 7) is 10.7. The molecule has 0 spiro atoms. The predicted molar refractivity (Wildman–Crippen MR) is 95.7 cm³/mol. The van der Waals surface area contributed by atoms with E-state index in [1.807, 2.05) is 29.8 Å². The van der Waals surface area contributed by atoms with Gasteiger partial charge in [0.25, 0.3) is 0 Å². The summed E-state index contributed by atoms with van der Waals surface area (Å²) in [6.07, 6.45) is 1.97. The van der Waals surface area contributed by atoms with Gasteiger partial charge < -0.3 is 14.0 Å². The SMILES string of the molecule is CCOc1nc(Cl)cc(-c2cccn2COCC[Si](C)(C)C)n1. The largest absolute Gasteiger partial charge is 0.464 e. The molecule has 0 N–H and O–H groups in total. The van der Waals surface area contributed by atoms with Crippen molar-refractivity contribution in [1.29, 1.82) is 0 Å². The van der Waals surface area contributed by atoms with Crippen molar-refractivity contribution in [3.8, 4) is 17.4 Å². The molecule has 0 unspecified atom stereocenters. The van der Waals surface area contributed by atoms with E-state index in [1.165, 1.54) is 0 Å². The van der Waals surface area contributed by atoms with Crippen LogP contribution < -0.4 is 4.74 Å². The zero-order chi connectivity index (χ0) is 16.9. The number of hydrogen-bond donors (Lipinski definition) is 0. The molecule has 0 fully saturated rings. The molecule has 5 nitrogen and oxygen atoms in total. The highest BCUT2D eigenvalue weighted by molar-refractivity contribution is 6.76. The molecule has 0 atom stereocenters. The Kier molecular flexibility index (Phi) is 6.21. The van der Waals surface area contributed by atoms with Gasteiger partial charge >= 0.3 is 6.01 Å². The van der Waals surface area contributed by atoms with E-state index in [4.69, 9.17) is 21.1 Å². The van der Waals surface area contributed by atoms with Crippen molar-refractivity contribution in [2.45, 2.75) is 39.3 Å². The molecule has 23 heavy (non-hydrogen) atoms. The van der Waals surface area contributed by atoms with Gasteiger partial charge in [0, 0.05) is 26.9 Å². The topological polar surface area (TPSA) is 49.2 Å². The number of ether oxygens (including phenoxy) is 2. The number of halogens is 1. The van der Waals surface area contributed by atoms with Crippen molar-refractivity contribution in [2.75, 3.05) is 13.2 Å². The lowest BCUT2D eigenvalue weighted by Gasteiger charge is -2.16. The fraction of sp³-hybridized carbons (Fsp3) is 0.500. The van der Waals surface area contributed by atoms with Gasteiger partial charge in [-0.05, 0) is 25.1 Å². The van der Waals surface area contributed by atoms with Crippen LogP contribution in [0.4, 0.5) is 0 Å². The molecule has 2 heterocycles. The minimum absolute atomic E-state index is 0.294. The maximum atomic E-state index is 6.06. The highest BCUT2D eigenvalue weighted by Gasteiger charge is 2.13. The van der Waals surface area contributed by atoms with Gasteiger partial charge in [-0.15, -0.1) is 0 Å². The Morgan fingerprint density at radius 1 is 1.26 bits per heavy atom. The molecule has 0 bridgehead atoms. The van der Waals surface area contributed by atoms with Gasteiger partial charge in [-0.3, -0.25) is 0 Å².